The van der Waals surface area contributed by atoms with Gasteiger partial charge in [-0.3, -0.25) is 4.79 Å². The minimum absolute atomic E-state index is 0. The van der Waals surface area contributed by atoms with Gasteiger partial charge < -0.3 is 11.1 Å². The highest BCUT2D eigenvalue weighted by Gasteiger charge is 2.31. The van der Waals surface area contributed by atoms with Gasteiger partial charge in [0, 0.05) is 30.7 Å². The van der Waals surface area contributed by atoms with Gasteiger partial charge >= 0.3 is 0 Å². The first-order valence-corrected chi connectivity index (χ1v) is 10.1. The second kappa shape index (κ2) is 8.69. The van der Waals surface area contributed by atoms with Gasteiger partial charge in [0.2, 0.25) is 10.0 Å². The summed E-state index contributed by atoms with van der Waals surface area (Å²) in [6.07, 6.45) is 1.04. The van der Waals surface area contributed by atoms with E-state index in [1.807, 2.05) is 13.8 Å². The molecule has 1 aromatic carbocycles. The lowest BCUT2D eigenvalue weighted by molar-refractivity contribution is 0.0915. The van der Waals surface area contributed by atoms with Crippen LogP contribution in [0.3, 0.4) is 0 Å². The molecule has 0 spiro atoms. The largest absolute Gasteiger partial charge is 0.346 e. The molecule has 26 heavy (non-hydrogen) atoms. The number of nitrogens with zero attached hydrogens (tertiary/aromatic N) is 1. The highest BCUT2D eigenvalue weighted by atomic mass is 35.5. The number of carbonyl (C=O) groups excluding carboxylic acids is 1. The van der Waals surface area contributed by atoms with E-state index in [4.69, 9.17) is 5.73 Å². The van der Waals surface area contributed by atoms with E-state index in [1.165, 1.54) is 12.1 Å². The minimum atomic E-state index is -3.53. The van der Waals surface area contributed by atoms with E-state index in [2.05, 4.69) is 19.2 Å². The van der Waals surface area contributed by atoms with Gasteiger partial charge in [0.1, 0.15) is 0 Å². The Labute approximate surface area is 163 Å². The van der Waals surface area contributed by atoms with Gasteiger partial charge in [0.05, 0.1) is 4.90 Å². The third kappa shape index (κ3) is 5.42. The van der Waals surface area contributed by atoms with E-state index in [9.17, 15) is 13.2 Å². The number of hydrogen-bond acceptors (Lipinski definition) is 4. The quantitative estimate of drug-likeness (QED) is 0.788. The SMILES string of the molecule is CC1CC(C)CN(S(=O)(=O)c2ccc(C(=O)NC(C)(C)CN)cc2)C1.Cl. The van der Waals surface area contributed by atoms with Gasteiger partial charge in [0.15, 0.2) is 0 Å². The summed E-state index contributed by atoms with van der Waals surface area (Å²) in [5, 5.41) is 2.83. The molecule has 1 saturated heterocycles. The summed E-state index contributed by atoms with van der Waals surface area (Å²) in [5.74, 6) is 0.434. The summed E-state index contributed by atoms with van der Waals surface area (Å²) >= 11 is 0. The Balaban J connectivity index is 0.00000338. The number of hydrogen-bond donors (Lipinski definition) is 2. The van der Waals surface area contributed by atoms with Crippen LogP contribution in [-0.2, 0) is 10.0 Å². The van der Waals surface area contributed by atoms with E-state index in [0.717, 1.165) is 6.42 Å². The molecular formula is C18H30ClN3O3S. The summed E-state index contributed by atoms with van der Waals surface area (Å²) in [6.45, 7) is 9.22. The molecule has 0 aliphatic carbocycles. The second-order valence-electron chi connectivity index (χ2n) is 7.83. The average Bonchev–Trinajstić information content (AvgIpc) is 2.53. The van der Waals surface area contributed by atoms with Crippen molar-refractivity contribution in [2.45, 2.75) is 44.6 Å². The van der Waals surface area contributed by atoms with Crippen LogP contribution >= 0.6 is 12.4 Å². The zero-order valence-corrected chi connectivity index (χ0v) is 17.5. The normalized spacial score (nSPS) is 21.7. The standard InChI is InChI=1S/C18H29N3O3S.ClH/c1-13-9-14(2)11-21(10-13)25(23,24)16-7-5-15(6-8-16)17(22)20-18(3,4)12-19;/h5-8,13-14H,9-12,19H2,1-4H3,(H,20,22);1H. The Hall–Kier alpha value is -1.15. The van der Waals surface area contributed by atoms with Crippen molar-refractivity contribution in [3.8, 4) is 0 Å². The number of halogens is 1. The van der Waals surface area contributed by atoms with Crippen molar-refractivity contribution in [2.75, 3.05) is 19.6 Å². The Morgan fingerprint density at radius 2 is 1.69 bits per heavy atom. The maximum atomic E-state index is 12.8. The number of benzene rings is 1. The fourth-order valence-corrected chi connectivity index (χ4v) is 4.84. The number of piperidine rings is 1. The number of nitrogens with two attached hydrogens (primary N) is 1. The number of sulfonamides is 1. The van der Waals surface area contributed by atoms with Crippen molar-refractivity contribution in [3.63, 3.8) is 0 Å². The molecular weight excluding hydrogens is 374 g/mol. The molecule has 8 heteroatoms. The Morgan fingerprint density at radius 1 is 1.19 bits per heavy atom. The summed E-state index contributed by atoms with van der Waals surface area (Å²) in [4.78, 5) is 12.5. The van der Waals surface area contributed by atoms with E-state index >= 15 is 0 Å². The van der Waals surface area contributed by atoms with E-state index in [0.29, 0.717) is 37.0 Å². The summed E-state index contributed by atoms with van der Waals surface area (Å²) in [6, 6.07) is 6.10. The molecule has 1 aromatic rings. The first-order chi connectivity index (χ1) is 11.5. The smallest absolute Gasteiger partial charge is 0.251 e. The molecule has 148 valence electrons. The molecule has 0 bridgehead atoms. The third-order valence-corrected chi connectivity index (χ3v) is 6.40. The van der Waals surface area contributed by atoms with Crippen LogP contribution in [0, 0.1) is 11.8 Å². The molecule has 3 N–H and O–H groups in total. The number of nitrogens with one attached hydrogen (secondary N) is 1. The topological polar surface area (TPSA) is 92.5 Å². The molecule has 1 aliphatic heterocycles. The maximum Gasteiger partial charge on any atom is 0.251 e. The van der Waals surface area contributed by atoms with Crippen LogP contribution in [0.2, 0.25) is 0 Å². The average molecular weight is 404 g/mol. The van der Waals surface area contributed by atoms with Crippen LogP contribution in [0.5, 0.6) is 0 Å². The van der Waals surface area contributed by atoms with Gasteiger partial charge in [-0.05, 0) is 56.4 Å². The number of rotatable bonds is 5. The fourth-order valence-electron chi connectivity index (χ4n) is 3.16. The summed E-state index contributed by atoms with van der Waals surface area (Å²) in [5.41, 5.74) is 5.52. The van der Waals surface area contributed by atoms with Crippen LogP contribution in [0.15, 0.2) is 29.2 Å². The molecule has 2 unspecified atom stereocenters. The van der Waals surface area contributed by atoms with Crippen LogP contribution in [0.1, 0.15) is 44.5 Å². The molecule has 6 nitrogen and oxygen atoms in total. The molecule has 1 aliphatic rings. The maximum absolute atomic E-state index is 12.8. The van der Waals surface area contributed by atoms with Crippen molar-refractivity contribution in [1.29, 1.82) is 0 Å². The highest BCUT2D eigenvalue weighted by Crippen LogP contribution is 2.26. The lowest BCUT2D eigenvalue weighted by Gasteiger charge is -2.34. The predicted octanol–water partition coefficient (Wildman–Crippen LogP) is 2.24. The molecule has 1 heterocycles. The lowest BCUT2D eigenvalue weighted by Crippen LogP contribution is -2.48. The summed E-state index contributed by atoms with van der Waals surface area (Å²) in [7, 11) is -3.53. The third-order valence-electron chi connectivity index (χ3n) is 4.55. The van der Waals surface area contributed by atoms with Gasteiger partial charge in [-0.1, -0.05) is 13.8 Å². The molecule has 2 rings (SSSR count). The monoisotopic (exact) mass is 403 g/mol. The van der Waals surface area contributed by atoms with E-state index in [-0.39, 0.29) is 23.2 Å². The predicted molar refractivity (Wildman–Crippen MR) is 106 cm³/mol. The molecule has 0 aromatic heterocycles. The van der Waals surface area contributed by atoms with Crippen LogP contribution < -0.4 is 11.1 Å². The Morgan fingerprint density at radius 3 is 2.15 bits per heavy atom. The van der Waals surface area contributed by atoms with Gasteiger partial charge in [0.25, 0.3) is 5.91 Å². The zero-order valence-electron chi connectivity index (χ0n) is 15.9. The Kier molecular flexibility index (Phi) is 7.65. The van der Waals surface area contributed by atoms with Crippen molar-refractivity contribution >= 4 is 28.3 Å². The van der Waals surface area contributed by atoms with Crippen LogP contribution in [-0.4, -0.2) is 43.8 Å². The molecule has 0 saturated carbocycles. The first-order valence-electron chi connectivity index (χ1n) is 8.68. The van der Waals surface area contributed by atoms with E-state index < -0.39 is 15.6 Å². The van der Waals surface area contributed by atoms with Gasteiger partial charge in [-0.2, -0.15) is 4.31 Å². The molecule has 1 fully saturated rings. The lowest BCUT2D eigenvalue weighted by atomic mass is 9.94. The summed E-state index contributed by atoms with van der Waals surface area (Å²) < 4.78 is 27.2. The highest BCUT2D eigenvalue weighted by molar-refractivity contribution is 7.89. The number of carbonyl (C=O) groups is 1. The second-order valence-corrected chi connectivity index (χ2v) is 9.77. The molecule has 0 radical (unpaired) electrons. The first kappa shape index (κ1) is 22.9. The van der Waals surface area contributed by atoms with Gasteiger partial charge in [-0.25, -0.2) is 8.42 Å². The van der Waals surface area contributed by atoms with Crippen molar-refractivity contribution in [3.05, 3.63) is 29.8 Å². The fraction of sp³-hybridized carbons (Fsp3) is 0.611. The van der Waals surface area contributed by atoms with Crippen LogP contribution in [0.4, 0.5) is 0 Å². The van der Waals surface area contributed by atoms with Crippen molar-refractivity contribution in [1.82, 2.24) is 9.62 Å². The number of amides is 1. The van der Waals surface area contributed by atoms with E-state index in [1.54, 1.807) is 16.4 Å². The van der Waals surface area contributed by atoms with Crippen molar-refractivity contribution < 1.29 is 13.2 Å². The zero-order chi connectivity index (χ0) is 18.8. The minimum Gasteiger partial charge on any atom is -0.346 e. The van der Waals surface area contributed by atoms with Crippen molar-refractivity contribution in [2.24, 2.45) is 17.6 Å². The van der Waals surface area contributed by atoms with Gasteiger partial charge in [-0.15, -0.1) is 12.4 Å². The molecule has 1 amide bonds. The molecule has 2 atom stereocenters. The Bertz CT molecular complexity index is 710. The van der Waals surface area contributed by atoms with Crippen LogP contribution in [0.25, 0.3) is 0 Å².